The Morgan fingerprint density at radius 3 is 2.45 bits per heavy atom. The minimum atomic E-state index is -3.26. The normalized spacial score (nSPS) is 21.9. The number of hydrogen-bond acceptors (Lipinski definition) is 5. The van der Waals surface area contributed by atoms with Gasteiger partial charge in [0.05, 0.1) is 11.5 Å². The molecule has 2 atom stereocenters. The second-order valence-electron chi connectivity index (χ2n) is 4.65. The highest BCUT2D eigenvalue weighted by Crippen LogP contribution is 2.17. The molecule has 1 fully saturated rings. The van der Waals surface area contributed by atoms with E-state index < -0.39 is 46.4 Å². The topological polar surface area (TPSA) is 147 Å². The van der Waals surface area contributed by atoms with E-state index in [1.807, 2.05) is 0 Å². The third-order valence-corrected chi connectivity index (χ3v) is 4.73. The molecule has 2 unspecified atom stereocenters. The molecule has 0 aliphatic carbocycles. The maximum atomic E-state index is 11.9. The van der Waals surface area contributed by atoms with Gasteiger partial charge in [-0.15, -0.1) is 0 Å². The molecule has 0 spiro atoms. The molecule has 1 aliphatic heterocycles. The van der Waals surface area contributed by atoms with E-state index in [4.69, 9.17) is 10.8 Å². The lowest BCUT2D eigenvalue weighted by Crippen LogP contribution is -2.53. The van der Waals surface area contributed by atoms with Crippen LogP contribution in [0.4, 0.5) is 4.79 Å². The molecule has 3 amide bonds. The zero-order valence-electron chi connectivity index (χ0n) is 10.9. The first-order valence-corrected chi connectivity index (χ1v) is 7.73. The standard InChI is InChI=1S/C10H17N3O6S/c1-6(9(11)16)12-10(17)13(4-8(14)15)7-2-3-20(18,19)5-7/h6-7H,2-5H2,1H3,(H2,11,16)(H,12,17)(H,14,15). The van der Waals surface area contributed by atoms with Crippen molar-refractivity contribution in [3.8, 4) is 0 Å². The van der Waals surface area contributed by atoms with Crippen LogP contribution in [0.3, 0.4) is 0 Å². The van der Waals surface area contributed by atoms with Crippen molar-refractivity contribution in [3.05, 3.63) is 0 Å². The largest absolute Gasteiger partial charge is 0.480 e. The summed E-state index contributed by atoms with van der Waals surface area (Å²) in [6, 6.07) is -2.51. The molecule has 9 nitrogen and oxygen atoms in total. The van der Waals surface area contributed by atoms with Gasteiger partial charge in [-0.2, -0.15) is 0 Å². The van der Waals surface area contributed by atoms with Crippen molar-refractivity contribution in [2.45, 2.75) is 25.4 Å². The summed E-state index contributed by atoms with van der Waals surface area (Å²) in [5, 5.41) is 11.0. The van der Waals surface area contributed by atoms with Crippen LogP contribution in [0.2, 0.25) is 0 Å². The van der Waals surface area contributed by atoms with Gasteiger partial charge in [-0.1, -0.05) is 0 Å². The van der Waals surface area contributed by atoms with Crippen molar-refractivity contribution in [2.24, 2.45) is 5.73 Å². The minimum absolute atomic E-state index is 0.0908. The number of nitrogens with zero attached hydrogens (tertiary/aromatic N) is 1. The molecule has 0 saturated carbocycles. The van der Waals surface area contributed by atoms with Gasteiger partial charge in [0.15, 0.2) is 9.84 Å². The number of carbonyl (C=O) groups excluding carboxylic acids is 2. The van der Waals surface area contributed by atoms with Gasteiger partial charge in [0.1, 0.15) is 12.6 Å². The number of sulfone groups is 1. The Kier molecular flexibility index (Phi) is 4.93. The number of nitrogens with one attached hydrogen (secondary N) is 1. The summed E-state index contributed by atoms with van der Waals surface area (Å²) in [6.07, 6.45) is 0.175. The average molecular weight is 307 g/mol. The Morgan fingerprint density at radius 2 is 2.05 bits per heavy atom. The molecule has 0 aromatic rings. The van der Waals surface area contributed by atoms with E-state index in [9.17, 15) is 22.8 Å². The number of rotatable bonds is 5. The van der Waals surface area contributed by atoms with Crippen LogP contribution in [0.5, 0.6) is 0 Å². The van der Waals surface area contributed by atoms with E-state index in [0.717, 1.165) is 4.90 Å². The third kappa shape index (κ3) is 4.37. The Bertz CT molecular complexity index is 517. The van der Waals surface area contributed by atoms with E-state index >= 15 is 0 Å². The lowest BCUT2D eigenvalue weighted by Gasteiger charge is -2.27. The Hall–Kier alpha value is -1.84. The number of carboxylic acid groups (broad SMARTS) is 1. The summed E-state index contributed by atoms with van der Waals surface area (Å²) in [6.45, 7) is 0.710. The molecule has 1 saturated heterocycles. The average Bonchev–Trinajstić information content (AvgIpc) is 2.65. The first kappa shape index (κ1) is 16.2. The molecular weight excluding hydrogens is 290 g/mol. The summed E-state index contributed by atoms with van der Waals surface area (Å²) in [7, 11) is -3.26. The van der Waals surface area contributed by atoms with Gasteiger partial charge in [0.25, 0.3) is 0 Å². The molecule has 0 bridgehead atoms. The molecular formula is C10H17N3O6S. The molecule has 1 aliphatic rings. The SMILES string of the molecule is CC(NC(=O)N(CC(=O)O)C1CCS(=O)(=O)C1)C(N)=O. The van der Waals surface area contributed by atoms with Gasteiger partial charge in [-0.05, 0) is 13.3 Å². The van der Waals surface area contributed by atoms with E-state index in [2.05, 4.69) is 5.32 Å². The summed E-state index contributed by atoms with van der Waals surface area (Å²) >= 11 is 0. The van der Waals surface area contributed by atoms with E-state index in [1.54, 1.807) is 0 Å². The number of urea groups is 1. The van der Waals surface area contributed by atoms with Crippen molar-refractivity contribution in [1.82, 2.24) is 10.2 Å². The maximum absolute atomic E-state index is 11.9. The van der Waals surface area contributed by atoms with Crippen LogP contribution in [0.15, 0.2) is 0 Å². The number of hydrogen-bond donors (Lipinski definition) is 3. The molecule has 4 N–H and O–H groups in total. The third-order valence-electron chi connectivity index (χ3n) is 2.98. The van der Waals surface area contributed by atoms with Crippen molar-refractivity contribution >= 4 is 27.7 Å². The fourth-order valence-electron chi connectivity index (χ4n) is 1.87. The predicted molar refractivity (Wildman–Crippen MR) is 68.6 cm³/mol. The smallest absolute Gasteiger partial charge is 0.323 e. The predicted octanol–water partition coefficient (Wildman–Crippen LogP) is -1.86. The number of aliphatic carboxylic acids is 1. The monoisotopic (exact) mass is 307 g/mol. The fraction of sp³-hybridized carbons (Fsp3) is 0.700. The fourth-order valence-corrected chi connectivity index (χ4v) is 3.60. The first-order valence-electron chi connectivity index (χ1n) is 5.91. The maximum Gasteiger partial charge on any atom is 0.323 e. The summed E-state index contributed by atoms with van der Waals surface area (Å²) < 4.78 is 22.8. The summed E-state index contributed by atoms with van der Waals surface area (Å²) in [5.41, 5.74) is 5.00. The lowest BCUT2D eigenvalue weighted by atomic mass is 10.2. The van der Waals surface area contributed by atoms with Crippen LogP contribution in [0.1, 0.15) is 13.3 Å². The van der Waals surface area contributed by atoms with E-state index in [0.29, 0.717) is 0 Å². The highest BCUT2D eigenvalue weighted by molar-refractivity contribution is 7.91. The summed E-state index contributed by atoms with van der Waals surface area (Å²) in [5.74, 6) is -2.41. The van der Waals surface area contributed by atoms with E-state index in [-0.39, 0.29) is 17.9 Å². The highest BCUT2D eigenvalue weighted by Gasteiger charge is 2.36. The number of amides is 3. The van der Waals surface area contributed by atoms with Gasteiger partial charge in [-0.3, -0.25) is 9.59 Å². The van der Waals surface area contributed by atoms with Crippen LogP contribution >= 0.6 is 0 Å². The van der Waals surface area contributed by atoms with Crippen LogP contribution in [0, 0.1) is 0 Å². The van der Waals surface area contributed by atoms with Crippen LogP contribution < -0.4 is 11.1 Å². The zero-order valence-corrected chi connectivity index (χ0v) is 11.7. The molecule has 10 heteroatoms. The minimum Gasteiger partial charge on any atom is -0.480 e. The lowest BCUT2D eigenvalue weighted by molar-refractivity contribution is -0.138. The number of primary amides is 1. The Morgan fingerprint density at radius 1 is 1.45 bits per heavy atom. The Balaban J connectivity index is 2.81. The van der Waals surface area contributed by atoms with E-state index in [1.165, 1.54) is 6.92 Å². The van der Waals surface area contributed by atoms with Gasteiger partial charge in [-0.25, -0.2) is 13.2 Å². The van der Waals surface area contributed by atoms with Gasteiger partial charge in [0.2, 0.25) is 5.91 Å². The zero-order chi connectivity index (χ0) is 15.5. The molecule has 1 rings (SSSR count). The van der Waals surface area contributed by atoms with Crippen LogP contribution in [-0.2, 0) is 19.4 Å². The van der Waals surface area contributed by atoms with Gasteiger partial charge in [0, 0.05) is 6.04 Å². The summed E-state index contributed by atoms with van der Waals surface area (Å²) in [4.78, 5) is 34.5. The van der Waals surface area contributed by atoms with Gasteiger partial charge < -0.3 is 21.1 Å². The van der Waals surface area contributed by atoms with Crippen molar-refractivity contribution in [2.75, 3.05) is 18.1 Å². The van der Waals surface area contributed by atoms with Crippen molar-refractivity contribution in [3.63, 3.8) is 0 Å². The highest BCUT2D eigenvalue weighted by atomic mass is 32.2. The first-order chi connectivity index (χ1) is 9.12. The second-order valence-corrected chi connectivity index (χ2v) is 6.88. The Labute approximate surface area is 116 Å². The van der Waals surface area contributed by atoms with Crippen LogP contribution in [0.25, 0.3) is 0 Å². The number of nitrogens with two attached hydrogens (primary N) is 1. The van der Waals surface area contributed by atoms with Gasteiger partial charge >= 0.3 is 12.0 Å². The molecule has 114 valence electrons. The molecule has 1 heterocycles. The second kappa shape index (κ2) is 6.07. The molecule has 0 aromatic heterocycles. The quantitative estimate of drug-likeness (QED) is 0.543. The molecule has 0 aromatic carbocycles. The molecule has 0 radical (unpaired) electrons. The number of carboxylic acids is 1. The van der Waals surface area contributed by atoms with Crippen molar-refractivity contribution in [1.29, 1.82) is 0 Å². The number of carbonyl (C=O) groups is 3. The van der Waals surface area contributed by atoms with Crippen molar-refractivity contribution < 1.29 is 27.9 Å². The van der Waals surface area contributed by atoms with Crippen LogP contribution in [-0.4, -0.2) is 66.5 Å². The molecule has 20 heavy (non-hydrogen) atoms.